The van der Waals surface area contributed by atoms with Crippen molar-refractivity contribution in [1.82, 2.24) is 0 Å². The Hall–Kier alpha value is -2.42. The van der Waals surface area contributed by atoms with Crippen molar-refractivity contribution in [3.8, 4) is 11.5 Å². The zero-order chi connectivity index (χ0) is 17.1. The first-order valence-corrected chi connectivity index (χ1v) is 8.06. The van der Waals surface area contributed by atoms with E-state index in [1.807, 2.05) is 54.6 Å². The molecule has 4 heteroatoms. The van der Waals surface area contributed by atoms with E-state index in [9.17, 15) is 10.2 Å². The summed E-state index contributed by atoms with van der Waals surface area (Å²) in [5, 5.41) is 23.4. The Morgan fingerprint density at radius 3 is 1.83 bits per heavy atom. The Kier molecular flexibility index (Phi) is 4.79. The summed E-state index contributed by atoms with van der Waals surface area (Å²) in [7, 11) is 0. The fraction of sp³-hybridized carbons (Fsp3) is 0. The van der Waals surface area contributed by atoms with Gasteiger partial charge in [0.15, 0.2) is 0 Å². The lowest BCUT2D eigenvalue weighted by Gasteiger charge is -2.01. The number of halogens is 2. The molecule has 0 saturated carbocycles. The predicted molar refractivity (Wildman–Crippen MR) is 101 cm³/mol. The summed E-state index contributed by atoms with van der Waals surface area (Å²) in [4.78, 5) is 0. The van der Waals surface area contributed by atoms with Crippen LogP contribution >= 0.6 is 23.2 Å². The van der Waals surface area contributed by atoms with Crippen LogP contribution in [-0.4, -0.2) is 10.2 Å². The minimum Gasteiger partial charge on any atom is -0.507 e. The van der Waals surface area contributed by atoms with Crippen LogP contribution in [0, 0.1) is 0 Å². The molecule has 4 aromatic rings. The Morgan fingerprint density at radius 1 is 0.542 bits per heavy atom. The Morgan fingerprint density at radius 2 is 1.12 bits per heavy atom. The van der Waals surface area contributed by atoms with Crippen molar-refractivity contribution in [2.45, 2.75) is 0 Å². The maximum absolute atomic E-state index is 9.44. The number of phenolic OH excluding ortho intramolecular Hbond substituents is 2. The molecule has 0 aliphatic carbocycles. The molecule has 0 spiro atoms. The summed E-state index contributed by atoms with van der Waals surface area (Å²) in [6.07, 6.45) is 0. The van der Waals surface area contributed by atoms with Crippen LogP contribution in [0.25, 0.3) is 21.5 Å². The number of fused-ring (bicyclic) bond motifs is 2. The third-order valence-electron chi connectivity index (χ3n) is 3.69. The fourth-order valence-corrected chi connectivity index (χ4v) is 2.93. The van der Waals surface area contributed by atoms with Gasteiger partial charge < -0.3 is 10.2 Å². The number of benzene rings is 4. The van der Waals surface area contributed by atoms with Crippen molar-refractivity contribution < 1.29 is 10.2 Å². The quantitative estimate of drug-likeness (QED) is 0.382. The van der Waals surface area contributed by atoms with Gasteiger partial charge in [-0.3, -0.25) is 0 Å². The van der Waals surface area contributed by atoms with Gasteiger partial charge in [-0.2, -0.15) is 0 Å². The average molecular weight is 357 g/mol. The summed E-state index contributed by atoms with van der Waals surface area (Å²) in [6.45, 7) is 0. The summed E-state index contributed by atoms with van der Waals surface area (Å²) in [5.41, 5.74) is 0. The highest BCUT2D eigenvalue weighted by atomic mass is 35.5. The van der Waals surface area contributed by atoms with Gasteiger partial charge in [-0.25, -0.2) is 0 Å². The molecule has 4 aromatic carbocycles. The van der Waals surface area contributed by atoms with Gasteiger partial charge in [0.25, 0.3) is 0 Å². The fourth-order valence-electron chi connectivity index (χ4n) is 2.47. The van der Waals surface area contributed by atoms with Crippen LogP contribution in [0.15, 0.2) is 72.8 Å². The molecule has 120 valence electrons. The van der Waals surface area contributed by atoms with Crippen LogP contribution in [0.1, 0.15) is 0 Å². The van der Waals surface area contributed by atoms with Crippen LogP contribution in [0.5, 0.6) is 11.5 Å². The molecule has 0 radical (unpaired) electrons. The topological polar surface area (TPSA) is 40.5 Å². The third kappa shape index (κ3) is 3.25. The van der Waals surface area contributed by atoms with Gasteiger partial charge in [0.2, 0.25) is 0 Å². The number of hydrogen-bond donors (Lipinski definition) is 2. The third-order valence-corrected chi connectivity index (χ3v) is 4.42. The highest BCUT2D eigenvalue weighted by molar-refractivity contribution is 6.37. The van der Waals surface area contributed by atoms with E-state index in [0.29, 0.717) is 10.0 Å². The van der Waals surface area contributed by atoms with Gasteiger partial charge in [-0.1, -0.05) is 77.8 Å². The maximum Gasteiger partial charge on any atom is 0.134 e. The van der Waals surface area contributed by atoms with E-state index >= 15 is 0 Å². The summed E-state index contributed by atoms with van der Waals surface area (Å²) >= 11 is 11.8. The average Bonchev–Trinajstić information content (AvgIpc) is 2.62. The van der Waals surface area contributed by atoms with Crippen molar-refractivity contribution in [3.63, 3.8) is 0 Å². The summed E-state index contributed by atoms with van der Waals surface area (Å²) in [6, 6.07) is 21.9. The first-order valence-electron chi connectivity index (χ1n) is 7.30. The molecule has 4 rings (SSSR count). The minimum atomic E-state index is 0.135. The van der Waals surface area contributed by atoms with E-state index < -0.39 is 0 Å². The monoisotopic (exact) mass is 356 g/mol. The molecule has 0 heterocycles. The van der Waals surface area contributed by atoms with Gasteiger partial charge in [0, 0.05) is 21.2 Å². The zero-order valence-corrected chi connectivity index (χ0v) is 14.1. The van der Waals surface area contributed by atoms with Crippen molar-refractivity contribution in [2.24, 2.45) is 0 Å². The molecule has 0 aliphatic rings. The van der Waals surface area contributed by atoms with E-state index in [2.05, 4.69) is 0 Å². The first-order chi connectivity index (χ1) is 11.6. The second-order valence-electron chi connectivity index (χ2n) is 5.23. The smallest absolute Gasteiger partial charge is 0.134 e. The van der Waals surface area contributed by atoms with Gasteiger partial charge >= 0.3 is 0 Å². The molecule has 0 aliphatic heterocycles. The van der Waals surface area contributed by atoms with E-state index in [1.54, 1.807) is 18.2 Å². The van der Waals surface area contributed by atoms with E-state index in [-0.39, 0.29) is 11.5 Å². The molecule has 0 atom stereocenters. The highest BCUT2D eigenvalue weighted by Gasteiger charge is 2.02. The molecule has 0 aromatic heterocycles. The zero-order valence-electron chi connectivity index (χ0n) is 12.6. The van der Waals surface area contributed by atoms with E-state index in [4.69, 9.17) is 23.2 Å². The SMILES string of the molecule is Oc1ccc(Cl)c2ccccc12.Oc1ccc2ccccc2c1Cl. The van der Waals surface area contributed by atoms with Crippen LogP contribution in [0.3, 0.4) is 0 Å². The lowest BCUT2D eigenvalue weighted by atomic mass is 10.1. The van der Waals surface area contributed by atoms with Gasteiger partial charge in [-0.15, -0.1) is 0 Å². The lowest BCUT2D eigenvalue weighted by Crippen LogP contribution is -1.74. The van der Waals surface area contributed by atoms with E-state index in [0.717, 1.165) is 21.5 Å². The number of hydrogen-bond acceptors (Lipinski definition) is 2. The molecule has 0 unspecified atom stereocenters. The van der Waals surface area contributed by atoms with Gasteiger partial charge in [0.05, 0.1) is 5.02 Å². The molecule has 0 fully saturated rings. The summed E-state index contributed by atoms with van der Waals surface area (Å²) < 4.78 is 0. The maximum atomic E-state index is 9.44. The minimum absolute atomic E-state index is 0.135. The molecule has 24 heavy (non-hydrogen) atoms. The number of rotatable bonds is 0. The Labute approximate surface area is 149 Å². The summed E-state index contributed by atoms with van der Waals surface area (Å²) in [5.74, 6) is 0.408. The van der Waals surface area contributed by atoms with Crippen molar-refractivity contribution in [1.29, 1.82) is 0 Å². The molecule has 0 saturated heterocycles. The molecular weight excluding hydrogens is 343 g/mol. The van der Waals surface area contributed by atoms with Crippen molar-refractivity contribution in [3.05, 3.63) is 82.8 Å². The number of aromatic hydroxyl groups is 2. The standard InChI is InChI=1S/2C10H7ClO/c11-9-5-6-10(12)8-4-2-1-3-7(8)9;11-10-8-4-2-1-3-7(8)5-6-9(10)12/h2*1-6,12H. The normalized spacial score (nSPS) is 10.4. The molecule has 0 bridgehead atoms. The van der Waals surface area contributed by atoms with Crippen molar-refractivity contribution in [2.75, 3.05) is 0 Å². The molecule has 2 nitrogen and oxygen atoms in total. The van der Waals surface area contributed by atoms with Crippen molar-refractivity contribution >= 4 is 44.7 Å². The second kappa shape index (κ2) is 7.00. The van der Waals surface area contributed by atoms with Crippen LogP contribution < -0.4 is 0 Å². The van der Waals surface area contributed by atoms with Gasteiger partial charge in [-0.05, 0) is 23.6 Å². The molecule has 0 amide bonds. The van der Waals surface area contributed by atoms with Crippen LogP contribution in [-0.2, 0) is 0 Å². The predicted octanol–water partition coefficient (Wildman–Crippen LogP) is 6.40. The first kappa shape index (κ1) is 16.4. The molecule has 2 N–H and O–H groups in total. The number of phenols is 2. The Bertz CT molecular complexity index is 964. The largest absolute Gasteiger partial charge is 0.507 e. The highest BCUT2D eigenvalue weighted by Crippen LogP contribution is 2.31. The Balaban J connectivity index is 0.000000141. The lowest BCUT2D eigenvalue weighted by molar-refractivity contribution is 0.476. The van der Waals surface area contributed by atoms with Crippen LogP contribution in [0.2, 0.25) is 10.0 Å². The molecular formula is C20H14Cl2O2. The second-order valence-corrected chi connectivity index (χ2v) is 6.02. The van der Waals surface area contributed by atoms with Gasteiger partial charge in [0.1, 0.15) is 11.5 Å². The van der Waals surface area contributed by atoms with E-state index in [1.165, 1.54) is 0 Å². The van der Waals surface area contributed by atoms with Crippen LogP contribution in [0.4, 0.5) is 0 Å².